The summed E-state index contributed by atoms with van der Waals surface area (Å²) in [6, 6.07) is 3.63. The van der Waals surface area contributed by atoms with E-state index in [1.165, 1.54) is 0 Å². The van der Waals surface area contributed by atoms with Crippen LogP contribution in [0.25, 0.3) is 0 Å². The van der Waals surface area contributed by atoms with Crippen LogP contribution >= 0.6 is 11.6 Å². The number of carbonyl (C=O) groups is 2. The quantitative estimate of drug-likeness (QED) is 0.783. The molecule has 0 aromatic heterocycles. The van der Waals surface area contributed by atoms with Gasteiger partial charge in [0.25, 0.3) is 0 Å². The highest BCUT2D eigenvalue weighted by Gasteiger charge is 2.51. The second kappa shape index (κ2) is 5.45. The molecule has 3 nitrogen and oxygen atoms in total. The highest BCUT2D eigenvalue weighted by molar-refractivity contribution is 6.33. The van der Waals surface area contributed by atoms with Crippen molar-refractivity contribution in [3.63, 3.8) is 0 Å². The number of Topliss-reactive ketones (excluding diaryl/α,β-unsaturated/α-hetero) is 2. The lowest BCUT2D eigenvalue weighted by Gasteiger charge is -2.21. The molecule has 0 saturated heterocycles. The van der Waals surface area contributed by atoms with Gasteiger partial charge in [-0.2, -0.15) is 0 Å². The fourth-order valence-corrected chi connectivity index (χ4v) is 4.21. The summed E-state index contributed by atoms with van der Waals surface area (Å²) in [7, 11) is 1.55. The van der Waals surface area contributed by atoms with Crippen LogP contribution in [0.2, 0.25) is 5.02 Å². The van der Waals surface area contributed by atoms with Crippen LogP contribution < -0.4 is 4.74 Å². The summed E-state index contributed by atoms with van der Waals surface area (Å²) in [5, 5.41) is 0.456. The summed E-state index contributed by atoms with van der Waals surface area (Å²) in [5.74, 6) is -0.342. The molecule has 2 aliphatic carbocycles. The van der Waals surface area contributed by atoms with Crippen molar-refractivity contribution in [3.8, 4) is 5.75 Å². The van der Waals surface area contributed by atoms with Crippen molar-refractivity contribution in [3.05, 3.63) is 28.3 Å². The van der Waals surface area contributed by atoms with Crippen LogP contribution in [0.3, 0.4) is 0 Å². The summed E-state index contributed by atoms with van der Waals surface area (Å²) in [6.07, 6.45) is 3.73. The number of hydrogen-bond acceptors (Lipinski definition) is 3. The predicted octanol–water partition coefficient (Wildman–Crippen LogP) is 3.70. The zero-order valence-electron chi connectivity index (χ0n) is 12.3. The molecule has 0 bridgehead atoms. The van der Waals surface area contributed by atoms with Gasteiger partial charge < -0.3 is 4.74 Å². The van der Waals surface area contributed by atoms with Crippen LogP contribution in [-0.2, 0) is 9.59 Å². The fraction of sp³-hybridized carbons (Fsp3) is 0.529. The van der Waals surface area contributed by atoms with Gasteiger partial charge in [0.05, 0.1) is 7.11 Å². The SMILES string of the molecule is COc1cc(C)cc(Cl)c1C1C(=O)C2CCCCC2C1=O. The third-order valence-electron chi connectivity index (χ3n) is 4.81. The number of hydrogen-bond donors (Lipinski definition) is 0. The molecule has 1 aromatic carbocycles. The monoisotopic (exact) mass is 306 g/mol. The number of carbonyl (C=O) groups excluding carboxylic acids is 2. The van der Waals surface area contributed by atoms with E-state index in [4.69, 9.17) is 16.3 Å². The van der Waals surface area contributed by atoms with E-state index in [9.17, 15) is 9.59 Å². The average molecular weight is 307 g/mol. The topological polar surface area (TPSA) is 43.4 Å². The van der Waals surface area contributed by atoms with Crippen LogP contribution in [0.15, 0.2) is 12.1 Å². The number of ketones is 2. The third-order valence-corrected chi connectivity index (χ3v) is 5.12. The zero-order chi connectivity index (χ0) is 15.1. The fourth-order valence-electron chi connectivity index (χ4n) is 3.84. The Balaban J connectivity index is 2.08. The molecule has 0 heterocycles. The molecule has 0 amide bonds. The van der Waals surface area contributed by atoms with Gasteiger partial charge in [-0.3, -0.25) is 9.59 Å². The lowest BCUT2D eigenvalue weighted by Crippen LogP contribution is -2.21. The van der Waals surface area contributed by atoms with Gasteiger partial charge >= 0.3 is 0 Å². The van der Waals surface area contributed by atoms with E-state index in [0.717, 1.165) is 31.2 Å². The maximum Gasteiger partial charge on any atom is 0.151 e. The Kier molecular flexibility index (Phi) is 3.78. The molecule has 2 atom stereocenters. The van der Waals surface area contributed by atoms with Gasteiger partial charge in [-0.05, 0) is 37.5 Å². The molecular formula is C17H19ClO3. The molecule has 112 valence electrons. The Bertz CT molecular complexity index is 584. The van der Waals surface area contributed by atoms with E-state index in [2.05, 4.69) is 0 Å². The van der Waals surface area contributed by atoms with Gasteiger partial charge in [-0.25, -0.2) is 0 Å². The Morgan fingerprint density at radius 2 is 1.67 bits per heavy atom. The molecule has 4 heteroatoms. The molecule has 3 rings (SSSR count). The molecule has 0 spiro atoms. The van der Waals surface area contributed by atoms with Crippen molar-refractivity contribution < 1.29 is 14.3 Å². The van der Waals surface area contributed by atoms with Gasteiger partial charge in [0.1, 0.15) is 11.7 Å². The number of halogens is 1. The number of benzene rings is 1. The predicted molar refractivity (Wildman–Crippen MR) is 80.9 cm³/mol. The molecule has 0 N–H and O–H groups in total. The number of ether oxygens (including phenoxy) is 1. The average Bonchev–Trinajstić information content (AvgIpc) is 2.71. The number of aryl methyl sites for hydroxylation is 1. The van der Waals surface area contributed by atoms with Gasteiger partial charge in [0.15, 0.2) is 11.6 Å². The Morgan fingerprint density at radius 1 is 1.10 bits per heavy atom. The van der Waals surface area contributed by atoms with E-state index in [1.54, 1.807) is 13.2 Å². The Hall–Kier alpha value is -1.35. The zero-order valence-corrected chi connectivity index (χ0v) is 13.1. The molecular weight excluding hydrogens is 288 g/mol. The summed E-state index contributed by atoms with van der Waals surface area (Å²) >= 11 is 6.34. The lowest BCUT2D eigenvalue weighted by molar-refractivity contribution is -0.125. The maximum absolute atomic E-state index is 12.7. The van der Waals surface area contributed by atoms with E-state index in [1.807, 2.05) is 13.0 Å². The van der Waals surface area contributed by atoms with Crippen molar-refractivity contribution in [1.82, 2.24) is 0 Å². The number of fused-ring (bicyclic) bond motifs is 1. The molecule has 0 aliphatic heterocycles. The van der Waals surface area contributed by atoms with Gasteiger partial charge in [-0.15, -0.1) is 0 Å². The van der Waals surface area contributed by atoms with E-state index < -0.39 is 5.92 Å². The van der Waals surface area contributed by atoms with Crippen LogP contribution in [0, 0.1) is 18.8 Å². The smallest absolute Gasteiger partial charge is 0.151 e. The molecule has 2 aliphatic rings. The molecule has 1 aromatic rings. The second-order valence-corrected chi connectivity index (χ2v) is 6.51. The minimum Gasteiger partial charge on any atom is -0.496 e. The van der Waals surface area contributed by atoms with Crippen LogP contribution in [0.4, 0.5) is 0 Å². The maximum atomic E-state index is 12.7. The normalized spacial score (nSPS) is 28.6. The van der Waals surface area contributed by atoms with Crippen LogP contribution in [0.5, 0.6) is 5.75 Å². The highest BCUT2D eigenvalue weighted by Crippen LogP contribution is 2.48. The minimum atomic E-state index is -0.735. The van der Waals surface area contributed by atoms with Crippen molar-refractivity contribution in [2.75, 3.05) is 7.11 Å². The van der Waals surface area contributed by atoms with Crippen molar-refractivity contribution >= 4 is 23.2 Å². The largest absolute Gasteiger partial charge is 0.496 e. The summed E-state index contributed by atoms with van der Waals surface area (Å²) in [5.41, 5.74) is 1.52. The van der Waals surface area contributed by atoms with E-state index >= 15 is 0 Å². The molecule has 0 radical (unpaired) electrons. The summed E-state index contributed by atoms with van der Waals surface area (Å²) in [6.45, 7) is 1.91. The Labute approximate surface area is 129 Å². The highest BCUT2D eigenvalue weighted by atomic mass is 35.5. The first-order valence-corrected chi connectivity index (χ1v) is 7.84. The van der Waals surface area contributed by atoms with Gasteiger partial charge in [0, 0.05) is 22.4 Å². The first-order valence-electron chi connectivity index (χ1n) is 7.46. The van der Waals surface area contributed by atoms with Crippen molar-refractivity contribution in [2.45, 2.75) is 38.5 Å². The van der Waals surface area contributed by atoms with E-state index in [0.29, 0.717) is 16.3 Å². The summed E-state index contributed by atoms with van der Waals surface area (Å²) < 4.78 is 5.38. The molecule has 2 fully saturated rings. The number of methoxy groups -OCH3 is 1. The van der Waals surface area contributed by atoms with Crippen molar-refractivity contribution in [1.29, 1.82) is 0 Å². The molecule has 21 heavy (non-hydrogen) atoms. The third kappa shape index (κ3) is 2.28. The minimum absolute atomic E-state index is 0.0359. The van der Waals surface area contributed by atoms with Crippen LogP contribution in [0.1, 0.15) is 42.7 Å². The second-order valence-electron chi connectivity index (χ2n) is 6.10. The standard InChI is InChI=1S/C17H19ClO3/c1-9-7-12(18)14(13(8-9)21-2)15-16(19)10-5-3-4-6-11(10)17(15)20/h7-8,10-11,15H,3-6H2,1-2H3. The van der Waals surface area contributed by atoms with E-state index in [-0.39, 0.29) is 23.4 Å². The first-order chi connectivity index (χ1) is 10.0. The Morgan fingerprint density at radius 3 is 2.19 bits per heavy atom. The van der Waals surface area contributed by atoms with Crippen LogP contribution in [-0.4, -0.2) is 18.7 Å². The molecule has 2 saturated carbocycles. The first kappa shape index (κ1) is 14.6. The van der Waals surface area contributed by atoms with Gasteiger partial charge in [0.2, 0.25) is 0 Å². The van der Waals surface area contributed by atoms with Crippen molar-refractivity contribution in [2.24, 2.45) is 11.8 Å². The number of rotatable bonds is 2. The lowest BCUT2D eigenvalue weighted by atomic mass is 9.81. The molecule has 2 unspecified atom stereocenters. The summed E-state index contributed by atoms with van der Waals surface area (Å²) in [4.78, 5) is 25.4. The van der Waals surface area contributed by atoms with Gasteiger partial charge in [-0.1, -0.05) is 24.4 Å².